The lowest BCUT2D eigenvalue weighted by molar-refractivity contribution is 0.151. The maximum atomic E-state index is 15.3. The molecule has 0 unspecified atom stereocenters. The number of fused-ring (bicyclic) bond motifs is 1. The summed E-state index contributed by atoms with van der Waals surface area (Å²) in [5, 5.41) is 0. The van der Waals surface area contributed by atoms with Crippen LogP contribution in [0.4, 0.5) is 9.18 Å². The quantitative estimate of drug-likeness (QED) is 0.366. The number of benzene rings is 1. The number of hydrogen-bond donors (Lipinski definition) is 1. The van der Waals surface area contributed by atoms with E-state index in [2.05, 4.69) is 4.98 Å². The Hall–Kier alpha value is -2.72. The molecule has 7 nitrogen and oxygen atoms in total. The normalized spacial score (nSPS) is 15.4. The van der Waals surface area contributed by atoms with E-state index in [0.29, 0.717) is 35.4 Å². The third-order valence-electron chi connectivity index (χ3n) is 5.95. The Bertz CT molecular complexity index is 1310. The van der Waals surface area contributed by atoms with Crippen molar-refractivity contribution in [3.8, 4) is 11.1 Å². The Labute approximate surface area is 209 Å². The highest BCUT2D eigenvalue weighted by molar-refractivity contribution is 7.92. The number of unbranched alkanes of at least 4 members (excludes halogenated alkanes) is 1. The number of carbonyl (C=O) groups is 1. The fourth-order valence-electron chi connectivity index (χ4n) is 4.32. The maximum absolute atomic E-state index is 15.3. The van der Waals surface area contributed by atoms with E-state index in [1.165, 1.54) is 6.07 Å². The lowest BCUT2D eigenvalue weighted by atomic mass is 9.99. The number of aryl methyl sites for hydroxylation is 1. The first-order valence-electron chi connectivity index (χ1n) is 11.8. The van der Waals surface area contributed by atoms with E-state index in [4.69, 9.17) is 4.74 Å². The van der Waals surface area contributed by atoms with E-state index in [1.54, 1.807) is 24.4 Å². The van der Waals surface area contributed by atoms with Crippen LogP contribution < -0.4 is 4.72 Å². The van der Waals surface area contributed by atoms with Gasteiger partial charge in [0.25, 0.3) is 10.0 Å². The third kappa shape index (κ3) is 5.59. The number of carbonyl (C=O) groups excluding carboxylic acids is 1. The van der Waals surface area contributed by atoms with Crippen LogP contribution in [0.2, 0.25) is 0 Å². The van der Waals surface area contributed by atoms with Gasteiger partial charge in [-0.15, -0.1) is 11.3 Å². The first-order valence-corrected chi connectivity index (χ1v) is 14.1. The summed E-state index contributed by atoms with van der Waals surface area (Å²) in [5.74, 6) is 0.829. The largest absolute Gasteiger partial charge is 0.449 e. The Morgan fingerprint density at radius 1 is 1.34 bits per heavy atom. The van der Waals surface area contributed by atoms with Gasteiger partial charge in [0.05, 0.1) is 12.6 Å². The molecule has 35 heavy (non-hydrogen) atoms. The molecule has 1 aliphatic rings. The highest BCUT2D eigenvalue weighted by Crippen LogP contribution is 2.39. The molecular formula is C25H30FN3O4S2. The zero-order chi connectivity index (χ0) is 25.2. The van der Waals surface area contributed by atoms with Crippen molar-refractivity contribution in [2.75, 3.05) is 6.61 Å². The van der Waals surface area contributed by atoms with Crippen molar-refractivity contribution in [2.24, 2.45) is 5.92 Å². The number of ether oxygens (including phenoxy) is 1. The highest BCUT2D eigenvalue weighted by Gasteiger charge is 2.29. The number of hydrogen-bond acceptors (Lipinski definition) is 6. The van der Waals surface area contributed by atoms with Crippen molar-refractivity contribution < 1.29 is 22.3 Å². The van der Waals surface area contributed by atoms with Gasteiger partial charge in [0, 0.05) is 34.8 Å². The second-order valence-electron chi connectivity index (χ2n) is 9.15. The van der Waals surface area contributed by atoms with Crippen LogP contribution in [0.5, 0.6) is 0 Å². The molecule has 1 aromatic carbocycles. The summed E-state index contributed by atoms with van der Waals surface area (Å²) in [4.78, 5) is 17.2. The molecule has 0 fully saturated rings. The van der Waals surface area contributed by atoms with Gasteiger partial charge >= 0.3 is 6.09 Å². The van der Waals surface area contributed by atoms with Crippen molar-refractivity contribution in [3.05, 3.63) is 58.7 Å². The fourth-order valence-corrected chi connectivity index (χ4v) is 7.16. The maximum Gasteiger partial charge on any atom is 0.421 e. The van der Waals surface area contributed by atoms with Crippen molar-refractivity contribution in [3.63, 3.8) is 0 Å². The zero-order valence-electron chi connectivity index (χ0n) is 20.1. The third-order valence-corrected chi connectivity index (χ3v) is 8.95. The summed E-state index contributed by atoms with van der Waals surface area (Å²) in [7, 11) is -4.20. The molecule has 0 aliphatic carbocycles. The van der Waals surface area contributed by atoms with Gasteiger partial charge in [0.2, 0.25) is 0 Å². The highest BCUT2D eigenvalue weighted by atomic mass is 32.2. The minimum atomic E-state index is -4.20. The lowest BCUT2D eigenvalue weighted by Crippen LogP contribution is -2.31. The number of amides is 1. The Balaban J connectivity index is 1.67. The van der Waals surface area contributed by atoms with Crippen LogP contribution in [0.15, 0.2) is 40.9 Å². The Kier molecular flexibility index (Phi) is 7.61. The molecular weight excluding hydrogens is 489 g/mol. The van der Waals surface area contributed by atoms with Gasteiger partial charge in [-0.2, -0.15) is 0 Å². The number of nitrogens with zero attached hydrogens (tertiary/aromatic N) is 2. The molecule has 0 saturated heterocycles. The van der Waals surface area contributed by atoms with Crippen molar-refractivity contribution in [2.45, 2.75) is 63.1 Å². The molecule has 0 radical (unpaired) electrons. The average Bonchev–Trinajstić information content (AvgIpc) is 3.49. The topological polar surface area (TPSA) is 90.3 Å². The number of halogens is 1. The predicted molar refractivity (Wildman–Crippen MR) is 134 cm³/mol. The molecule has 0 spiro atoms. The van der Waals surface area contributed by atoms with Crippen LogP contribution in [-0.4, -0.2) is 30.7 Å². The van der Waals surface area contributed by atoms with Crippen LogP contribution in [0.1, 0.15) is 62.3 Å². The van der Waals surface area contributed by atoms with E-state index in [9.17, 15) is 13.2 Å². The fraction of sp³-hybridized carbons (Fsp3) is 0.440. The number of nitrogens with one attached hydrogen (secondary N) is 1. The Morgan fingerprint density at radius 2 is 2.14 bits per heavy atom. The smallest absolute Gasteiger partial charge is 0.421 e. The van der Waals surface area contributed by atoms with Gasteiger partial charge in [0.15, 0.2) is 0 Å². The molecule has 188 valence electrons. The standard InChI is InChI=1S/C25H30FN3O4S2/c1-4-5-12-33-25(30)28-35(31,32)24-20(15-18(34-24)13-16(2)3)17-6-7-19(21(26)14-17)22-8-9-23-27-10-11-29(22)23/h6-7,10-11,14-16,22H,4-5,8-9,12-13H2,1-3H3,(H,28,30)/t22-/m0/s1. The molecule has 2 aromatic heterocycles. The van der Waals surface area contributed by atoms with Gasteiger partial charge in [-0.3, -0.25) is 0 Å². The average molecular weight is 520 g/mol. The van der Waals surface area contributed by atoms with Gasteiger partial charge < -0.3 is 9.30 Å². The SMILES string of the molecule is CCCCOC(=O)NS(=O)(=O)c1sc(CC(C)C)cc1-c1ccc([C@@H]2CCc3nccn32)c(F)c1. The molecule has 1 aliphatic heterocycles. The number of rotatable bonds is 9. The summed E-state index contributed by atoms with van der Waals surface area (Å²) < 4.78 is 50.5. The Morgan fingerprint density at radius 3 is 2.86 bits per heavy atom. The molecule has 3 aromatic rings. The van der Waals surface area contributed by atoms with Crippen molar-refractivity contribution in [1.82, 2.24) is 14.3 Å². The first kappa shape index (κ1) is 25.4. The second-order valence-corrected chi connectivity index (χ2v) is 12.2. The summed E-state index contributed by atoms with van der Waals surface area (Å²) in [5.41, 5.74) is 1.37. The van der Waals surface area contributed by atoms with Crippen molar-refractivity contribution >= 4 is 27.5 Å². The van der Waals surface area contributed by atoms with Crippen LogP contribution in [0, 0.1) is 11.7 Å². The number of thiophene rings is 1. The number of sulfonamides is 1. The zero-order valence-corrected chi connectivity index (χ0v) is 21.7. The van der Waals surface area contributed by atoms with Gasteiger partial charge in [-0.05, 0) is 42.9 Å². The molecule has 10 heteroatoms. The van der Waals surface area contributed by atoms with Gasteiger partial charge in [0.1, 0.15) is 15.9 Å². The summed E-state index contributed by atoms with van der Waals surface area (Å²) in [6.07, 6.45) is 6.23. The van der Waals surface area contributed by atoms with E-state index < -0.39 is 21.9 Å². The van der Waals surface area contributed by atoms with Crippen LogP contribution in [0.25, 0.3) is 11.1 Å². The van der Waals surface area contributed by atoms with Crippen LogP contribution >= 0.6 is 11.3 Å². The minimum absolute atomic E-state index is 0.0227. The first-order chi connectivity index (χ1) is 16.7. The van der Waals surface area contributed by atoms with E-state index in [1.807, 2.05) is 36.3 Å². The molecule has 0 bridgehead atoms. The number of imidazole rings is 1. The van der Waals surface area contributed by atoms with E-state index >= 15 is 4.39 Å². The minimum Gasteiger partial charge on any atom is -0.449 e. The predicted octanol–water partition coefficient (Wildman–Crippen LogP) is 5.70. The molecule has 1 amide bonds. The van der Waals surface area contributed by atoms with Gasteiger partial charge in [-0.25, -0.2) is 27.3 Å². The molecule has 1 N–H and O–H groups in total. The van der Waals surface area contributed by atoms with Crippen LogP contribution in [0.3, 0.4) is 0 Å². The number of aromatic nitrogens is 2. The molecule has 3 heterocycles. The van der Waals surface area contributed by atoms with Gasteiger partial charge in [-0.1, -0.05) is 39.3 Å². The van der Waals surface area contributed by atoms with Crippen molar-refractivity contribution in [1.29, 1.82) is 0 Å². The second kappa shape index (κ2) is 10.5. The lowest BCUT2D eigenvalue weighted by Gasteiger charge is -2.15. The van der Waals surface area contributed by atoms with E-state index in [-0.39, 0.29) is 16.9 Å². The molecule has 4 rings (SSSR count). The molecule has 1 atom stereocenters. The summed E-state index contributed by atoms with van der Waals surface area (Å²) in [6.45, 7) is 6.16. The monoisotopic (exact) mass is 519 g/mol. The summed E-state index contributed by atoms with van der Waals surface area (Å²) in [6, 6.07) is 6.48. The summed E-state index contributed by atoms with van der Waals surface area (Å²) >= 11 is 1.09. The van der Waals surface area contributed by atoms with E-state index in [0.717, 1.165) is 41.3 Å². The molecule has 0 saturated carbocycles. The van der Waals surface area contributed by atoms with Crippen LogP contribution in [-0.2, 0) is 27.6 Å².